The summed E-state index contributed by atoms with van der Waals surface area (Å²) in [5.74, 6) is -0.369. The second-order valence-electron chi connectivity index (χ2n) is 7.65. The van der Waals surface area contributed by atoms with Crippen LogP contribution in [0, 0.1) is 12.7 Å². The summed E-state index contributed by atoms with van der Waals surface area (Å²) in [5.41, 5.74) is 3.32. The van der Waals surface area contributed by atoms with Crippen LogP contribution in [0.3, 0.4) is 0 Å². The van der Waals surface area contributed by atoms with E-state index in [1.807, 2.05) is 36.6 Å². The molecule has 0 spiro atoms. The summed E-state index contributed by atoms with van der Waals surface area (Å²) in [7, 11) is 0. The van der Waals surface area contributed by atoms with E-state index in [1.54, 1.807) is 17.0 Å². The summed E-state index contributed by atoms with van der Waals surface area (Å²) in [6, 6.07) is 13.0. The molecule has 1 aliphatic carbocycles. The maximum atomic E-state index is 14.3. The number of halogens is 2. The lowest BCUT2D eigenvalue weighted by Gasteiger charge is -2.22. The molecule has 0 aliphatic heterocycles. The average molecular weight is 444 g/mol. The lowest BCUT2D eigenvalue weighted by Crippen LogP contribution is -2.26. The molecule has 0 N–H and O–H groups in total. The van der Waals surface area contributed by atoms with Crippen LogP contribution in [0.1, 0.15) is 36.6 Å². The summed E-state index contributed by atoms with van der Waals surface area (Å²) in [5, 5.41) is 3.06. The number of hydrogen-bond donors (Lipinski definition) is 0. The van der Waals surface area contributed by atoms with Gasteiger partial charge in [0.2, 0.25) is 5.91 Å². The fraction of sp³-hybridized carbons (Fsp3) is 0.304. The second kappa shape index (κ2) is 8.84. The molecule has 0 bridgehead atoms. The molecule has 4 nitrogen and oxygen atoms in total. The van der Waals surface area contributed by atoms with E-state index in [9.17, 15) is 9.18 Å². The van der Waals surface area contributed by atoms with Crippen molar-refractivity contribution in [1.82, 2.24) is 9.88 Å². The number of amides is 1. The summed E-state index contributed by atoms with van der Waals surface area (Å²) >= 11 is 7.68. The minimum Gasteiger partial charge on any atom is -0.290 e. The van der Waals surface area contributed by atoms with Crippen LogP contribution in [-0.4, -0.2) is 21.8 Å². The summed E-state index contributed by atoms with van der Waals surface area (Å²) in [6.07, 6.45) is 2.18. The highest BCUT2D eigenvalue weighted by Gasteiger charge is 2.31. The minimum atomic E-state index is -0.283. The fourth-order valence-electron chi connectivity index (χ4n) is 3.44. The van der Waals surface area contributed by atoms with Crippen molar-refractivity contribution < 1.29 is 9.18 Å². The third-order valence-corrected chi connectivity index (χ3v) is 6.42. The number of carbonyl (C=O) groups excluding carboxylic acids is 1. The van der Waals surface area contributed by atoms with Gasteiger partial charge in [-0.05, 0) is 44.0 Å². The van der Waals surface area contributed by atoms with Crippen molar-refractivity contribution in [3.63, 3.8) is 0 Å². The van der Waals surface area contributed by atoms with Gasteiger partial charge in [-0.3, -0.25) is 14.6 Å². The summed E-state index contributed by atoms with van der Waals surface area (Å²) in [4.78, 5) is 20.9. The van der Waals surface area contributed by atoms with Crippen LogP contribution in [0.25, 0.3) is 0 Å². The standard InChI is InChI=1S/C23H23ClFN3OS/c1-15-6-8-19(9-7-15)28(16(2)29)23-26-17(14-30-23)12-27(18-10-11-18)13-20-21(24)4-3-5-22(20)25/h3-9,14,18H,10-13H2,1-2H3. The third kappa shape index (κ3) is 4.72. The molecule has 3 aromatic rings. The van der Waals surface area contributed by atoms with E-state index in [2.05, 4.69) is 4.90 Å². The Labute approximate surface area is 184 Å². The van der Waals surface area contributed by atoms with Crippen molar-refractivity contribution >= 4 is 39.7 Å². The molecule has 4 rings (SSSR count). The minimum absolute atomic E-state index is 0.0862. The molecule has 1 fully saturated rings. The van der Waals surface area contributed by atoms with Crippen LogP contribution in [0.15, 0.2) is 47.8 Å². The van der Waals surface area contributed by atoms with E-state index in [1.165, 1.54) is 24.3 Å². The van der Waals surface area contributed by atoms with E-state index < -0.39 is 0 Å². The number of anilines is 2. The lowest BCUT2D eigenvalue weighted by molar-refractivity contribution is -0.115. The first kappa shape index (κ1) is 21.0. The van der Waals surface area contributed by atoms with Crippen molar-refractivity contribution in [2.45, 2.75) is 45.8 Å². The van der Waals surface area contributed by atoms with E-state index in [0.29, 0.717) is 34.8 Å². The van der Waals surface area contributed by atoms with Crippen LogP contribution in [-0.2, 0) is 17.9 Å². The normalized spacial score (nSPS) is 13.6. The second-order valence-corrected chi connectivity index (χ2v) is 8.89. The van der Waals surface area contributed by atoms with Gasteiger partial charge in [-0.1, -0.05) is 35.4 Å². The van der Waals surface area contributed by atoms with Gasteiger partial charge < -0.3 is 0 Å². The third-order valence-electron chi connectivity index (χ3n) is 5.19. The molecule has 0 unspecified atom stereocenters. The van der Waals surface area contributed by atoms with Crippen LogP contribution < -0.4 is 4.90 Å². The number of aryl methyl sites for hydroxylation is 1. The predicted octanol–water partition coefficient (Wildman–Crippen LogP) is 6.09. The number of nitrogens with zero attached hydrogens (tertiary/aromatic N) is 3. The van der Waals surface area contributed by atoms with E-state index in [4.69, 9.17) is 16.6 Å². The Morgan fingerprint density at radius 1 is 1.20 bits per heavy atom. The predicted molar refractivity (Wildman–Crippen MR) is 120 cm³/mol. The van der Waals surface area contributed by atoms with Gasteiger partial charge in [0.25, 0.3) is 0 Å². The lowest BCUT2D eigenvalue weighted by atomic mass is 10.2. The van der Waals surface area contributed by atoms with Gasteiger partial charge in [0.1, 0.15) is 5.82 Å². The Hall–Kier alpha value is -2.28. The van der Waals surface area contributed by atoms with Crippen molar-refractivity contribution in [1.29, 1.82) is 0 Å². The summed E-state index contributed by atoms with van der Waals surface area (Å²) in [6.45, 7) is 4.58. The maximum absolute atomic E-state index is 14.3. The molecule has 1 saturated carbocycles. The molecule has 1 amide bonds. The molecule has 7 heteroatoms. The summed E-state index contributed by atoms with van der Waals surface area (Å²) < 4.78 is 14.3. The molecule has 0 radical (unpaired) electrons. The monoisotopic (exact) mass is 443 g/mol. The smallest absolute Gasteiger partial charge is 0.230 e. The van der Waals surface area contributed by atoms with Crippen molar-refractivity contribution in [2.75, 3.05) is 4.90 Å². The van der Waals surface area contributed by atoms with Gasteiger partial charge in [-0.2, -0.15) is 0 Å². The highest BCUT2D eigenvalue weighted by Crippen LogP contribution is 2.34. The van der Waals surface area contributed by atoms with Gasteiger partial charge in [-0.25, -0.2) is 9.37 Å². The zero-order valence-electron chi connectivity index (χ0n) is 16.9. The van der Waals surface area contributed by atoms with Gasteiger partial charge in [0, 0.05) is 42.0 Å². The zero-order valence-corrected chi connectivity index (χ0v) is 18.5. The molecule has 0 saturated heterocycles. The van der Waals surface area contributed by atoms with Gasteiger partial charge >= 0.3 is 0 Å². The highest BCUT2D eigenvalue weighted by molar-refractivity contribution is 7.14. The van der Waals surface area contributed by atoms with Crippen LogP contribution >= 0.6 is 22.9 Å². The van der Waals surface area contributed by atoms with Crippen LogP contribution in [0.5, 0.6) is 0 Å². The van der Waals surface area contributed by atoms with E-state index >= 15 is 0 Å². The number of aromatic nitrogens is 1. The number of thiazole rings is 1. The SMILES string of the molecule is CC(=O)N(c1ccc(C)cc1)c1nc(CN(Cc2c(F)cccc2Cl)C2CC2)cs1. The first-order chi connectivity index (χ1) is 14.4. The first-order valence-electron chi connectivity index (χ1n) is 9.91. The highest BCUT2D eigenvalue weighted by atomic mass is 35.5. The molecule has 30 heavy (non-hydrogen) atoms. The Bertz CT molecular complexity index is 1030. The van der Waals surface area contributed by atoms with E-state index in [-0.39, 0.29) is 11.7 Å². The Morgan fingerprint density at radius 3 is 2.57 bits per heavy atom. The molecule has 2 aromatic carbocycles. The largest absolute Gasteiger partial charge is 0.290 e. The molecule has 1 heterocycles. The van der Waals surface area contributed by atoms with Crippen molar-refractivity contribution in [3.8, 4) is 0 Å². The Kier molecular flexibility index (Phi) is 6.18. The van der Waals surface area contributed by atoms with Gasteiger partial charge in [0.05, 0.1) is 11.4 Å². The van der Waals surface area contributed by atoms with E-state index in [0.717, 1.165) is 29.8 Å². The Morgan fingerprint density at radius 2 is 1.93 bits per heavy atom. The zero-order chi connectivity index (χ0) is 21.3. The molecular weight excluding hydrogens is 421 g/mol. The van der Waals surface area contributed by atoms with Crippen molar-refractivity contribution in [3.05, 3.63) is 75.5 Å². The number of carbonyl (C=O) groups is 1. The molecule has 156 valence electrons. The van der Waals surface area contributed by atoms with Crippen LogP contribution in [0.2, 0.25) is 5.02 Å². The van der Waals surface area contributed by atoms with Crippen LogP contribution in [0.4, 0.5) is 15.2 Å². The quantitative estimate of drug-likeness (QED) is 0.443. The average Bonchev–Trinajstić information content (AvgIpc) is 3.45. The molecule has 1 aliphatic rings. The molecule has 0 atom stereocenters. The van der Waals surface area contributed by atoms with Crippen molar-refractivity contribution in [2.24, 2.45) is 0 Å². The fourth-order valence-corrected chi connectivity index (χ4v) is 4.54. The first-order valence-corrected chi connectivity index (χ1v) is 11.2. The molecular formula is C23H23ClFN3OS. The Balaban J connectivity index is 1.54. The molecule has 1 aromatic heterocycles. The van der Waals surface area contributed by atoms with Gasteiger partial charge in [-0.15, -0.1) is 11.3 Å². The number of rotatable bonds is 7. The van der Waals surface area contributed by atoms with Gasteiger partial charge in [0.15, 0.2) is 5.13 Å². The number of hydrogen-bond acceptors (Lipinski definition) is 4. The topological polar surface area (TPSA) is 36.4 Å². The number of benzene rings is 2. The maximum Gasteiger partial charge on any atom is 0.230 e.